The van der Waals surface area contributed by atoms with Crippen molar-refractivity contribution in [3.05, 3.63) is 35.9 Å². The van der Waals surface area contributed by atoms with E-state index < -0.39 is 34.1 Å². The highest BCUT2D eigenvalue weighted by atomic mass is 35.5. The van der Waals surface area contributed by atoms with E-state index in [-0.39, 0.29) is 37.1 Å². The van der Waals surface area contributed by atoms with Gasteiger partial charge in [0.2, 0.25) is 11.8 Å². The number of ether oxygens (including phenoxy) is 1. The molecule has 4 atom stereocenters. The van der Waals surface area contributed by atoms with E-state index in [1.165, 1.54) is 16.7 Å². The van der Waals surface area contributed by atoms with Crippen LogP contribution in [0.15, 0.2) is 30.3 Å². The molecule has 0 N–H and O–H groups in total. The van der Waals surface area contributed by atoms with Crippen molar-refractivity contribution >= 4 is 47.1 Å². The topological polar surface area (TPSA) is 84.0 Å². The van der Waals surface area contributed by atoms with E-state index in [4.69, 9.17) is 16.3 Å². The van der Waals surface area contributed by atoms with Gasteiger partial charge >= 0.3 is 5.97 Å². The zero-order valence-corrected chi connectivity index (χ0v) is 16.7. The van der Waals surface area contributed by atoms with Crippen molar-refractivity contribution in [1.82, 2.24) is 9.80 Å². The summed E-state index contributed by atoms with van der Waals surface area (Å²) in [4.78, 5) is 52.3. The second kappa shape index (κ2) is 7.08. The number of fused-ring (bicyclic) bond motifs is 1. The molecule has 2 unspecified atom stereocenters. The average Bonchev–Trinajstić information content (AvgIpc) is 3.17. The van der Waals surface area contributed by atoms with Gasteiger partial charge in [-0.3, -0.25) is 19.3 Å². The Labute approximate surface area is 171 Å². The lowest BCUT2D eigenvalue weighted by Gasteiger charge is -2.46. The first-order valence-electron chi connectivity index (χ1n) is 8.99. The number of nitrogens with zero attached hydrogens (tertiary/aromatic N) is 2. The summed E-state index contributed by atoms with van der Waals surface area (Å²) < 4.78 is 4.69. The lowest BCUT2D eigenvalue weighted by Crippen LogP contribution is -2.71. The summed E-state index contributed by atoms with van der Waals surface area (Å²) in [5, 5.41) is -0.475. The SMILES string of the molecule is C[C@@]1(CCl)S[C@H]2C(N3C(=O)CCC3=O)C(=O)N2C1C(=O)OCc1ccccc1. The monoisotopic (exact) mass is 422 g/mol. The van der Waals surface area contributed by atoms with Gasteiger partial charge < -0.3 is 9.64 Å². The predicted octanol–water partition coefficient (Wildman–Crippen LogP) is 1.53. The number of β-lactam (4-membered cyclic amide) rings is 1. The van der Waals surface area contributed by atoms with Crippen LogP contribution in [0.3, 0.4) is 0 Å². The van der Waals surface area contributed by atoms with Gasteiger partial charge in [0.15, 0.2) is 0 Å². The van der Waals surface area contributed by atoms with Crippen molar-refractivity contribution < 1.29 is 23.9 Å². The maximum atomic E-state index is 12.8. The lowest BCUT2D eigenvalue weighted by molar-refractivity contribution is -0.172. The van der Waals surface area contributed by atoms with E-state index in [9.17, 15) is 19.2 Å². The molecule has 0 aromatic heterocycles. The number of benzene rings is 1. The van der Waals surface area contributed by atoms with Crippen LogP contribution < -0.4 is 0 Å². The van der Waals surface area contributed by atoms with E-state index >= 15 is 0 Å². The second-order valence-electron chi connectivity index (χ2n) is 7.30. The third-order valence-electron chi connectivity index (χ3n) is 5.38. The van der Waals surface area contributed by atoms with Gasteiger partial charge in [0, 0.05) is 18.7 Å². The maximum Gasteiger partial charge on any atom is 0.330 e. The van der Waals surface area contributed by atoms with Crippen LogP contribution in [0.25, 0.3) is 0 Å². The summed E-state index contributed by atoms with van der Waals surface area (Å²) in [5.41, 5.74) is 0.840. The minimum Gasteiger partial charge on any atom is -0.459 e. The highest BCUT2D eigenvalue weighted by Gasteiger charge is 2.68. The van der Waals surface area contributed by atoms with Gasteiger partial charge in [0.25, 0.3) is 5.91 Å². The molecule has 9 heteroatoms. The molecule has 0 spiro atoms. The molecule has 148 valence electrons. The molecule has 28 heavy (non-hydrogen) atoms. The van der Waals surface area contributed by atoms with Crippen molar-refractivity contribution in [2.75, 3.05) is 5.88 Å². The number of thioether (sulfide) groups is 1. The van der Waals surface area contributed by atoms with Crippen LogP contribution in [0.4, 0.5) is 0 Å². The molecule has 3 fully saturated rings. The first kappa shape index (κ1) is 19.3. The summed E-state index contributed by atoms with van der Waals surface area (Å²) in [5.74, 6) is -1.50. The first-order valence-corrected chi connectivity index (χ1v) is 10.4. The smallest absolute Gasteiger partial charge is 0.330 e. The van der Waals surface area contributed by atoms with Gasteiger partial charge in [-0.25, -0.2) is 4.79 Å². The lowest BCUT2D eigenvalue weighted by atomic mass is 9.95. The molecule has 0 saturated carbocycles. The van der Waals surface area contributed by atoms with Crippen LogP contribution in [-0.4, -0.2) is 61.6 Å². The molecule has 1 aromatic carbocycles. The number of likely N-dealkylation sites (tertiary alicyclic amines) is 1. The Morgan fingerprint density at radius 2 is 1.86 bits per heavy atom. The Kier molecular flexibility index (Phi) is 4.87. The largest absolute Gasteiger partial charge is 0.459 e. The number of carbonyl (C=O) groups excluding carboxylic acids is 4. The van der Waals surface area contributed by atoms with Crippen molar-refractivity contribution in [2.45, 2.75) is 48.6 Å². The number of hydrogen-bond donors (Lipinski definition) is 0. The molecule has 0 bridgehead atoms. The number of rotatable bonds is 5. The number of carbonyl (C=O) groups is 4. The molecule has 3 saturated heterocycles. The quantitative estimate of drug-likeness (QED) is 0.309. The third-order valence-corrected chi connectivity index (χ3v) is 7.73. The second-order valence-corrected chi connectivity index (χ2v) is 9.22. The first-order chi connectivity index (χ1) is 13.4. The van der Waals surface area contributed by atoms with Crippen molar-refractivity contribution in [2.24, 2.45) is 0 Å². The van der Waals surface area contributed by atoms with Crippen molar-refractivity contribution in [3.8, 4) is 0 Å². The maximum absolute atomic E-state index is 12.8. The number of hydrogen-bond acceptors (Lipinski definition) is 6. The van der Waals surface area contributed by atoms with Gasteiger partial charge in [-0.05, 0) is 12.5 Å². The number of imide groups is 1. The van der Waals surface area contributed by atoms with Gasteiger partial charge in [-0.2, -0.15) is 0 Å². The fourth-order valence-corrected chi connectivity index (χ4v) is 5.91. The van der Waals surface area contributed by atoms with Gasteiger partial charge in [0.05, 0.1) is 4.75 Å². The molecular weight excluding hydrogens is 404 g/mol. The molecule has 3 aliphatic rings. The fraction of sp³-hybridized carbons (Fsp3) is 0.474. The molecule has 1 aromatic rings. The van der Waals surface area contributed by atoms with E-state index in [2.05, 4.69) is 0 Å². The van der Waals surface area contributed by atoms with E-state index in [1.807, 2.05) is 30.3 Å². The Balaban J connectivity index is 1.53. The molecule has 3 aliphatic heterocycles. The average molecular weight is 423 g/mol. The van der Waals surface area contributed by atoms with E-state index in [0.29, 0.717) is 0 Å². The predicted molar refractivity (Wildman–Crippen MR) is 102 cm³/mol. The molecule has 0 radical (unpaired) electrons. The number of halogens is 1. The Morgan fingerprint density at radius 1 is 1.21 bits per heavy atom. The summed E-state index contributed by atoms with van der Waals surface area (Å²) in [7, 11) is 0. The normalized spacial score (nSPS) is 31.8. The van der Waals surface area contributed by atoms with Crippen LogP contribution >= 0.6 is 23.4 Å². The number of esters is 1. The van der Waals surface area contributed by atoms with Gasteiger partial charge in [-0.1, -0.05) is 30.3 Å². The summed E-state index contributed by atoms with van der Waals surface area (Å²) in [6, 6.07) is 7.53. The third kappa shape index (κ3) is 2.90. The van der Waals surface area contributed by atoms with E-state index in [0.717, 1.165) is 10.5 Å². The molecule has 3 heterocycles. The summed E-state index contributed by atoms with van der Waals surface area (Å²) in [6.45, 7) is 1.90. The minimum absolute atomic E-state index is 0.0957. The Bertz CT molecular complexity index is 834. The number of alkyl halides is 1. The van der Waals surface area contributed by atoms with Gasteiger partial charge in [-0.15, -0.1) is 23.4 Å². The molecule has 7 nitrogen and oxygen atoms in total. The zero-order chi connectivity index (χ0) is 20.1. The highest BCUT2D eigenvalue weighted by molar-refractivity contribution is 8.01. The number of amides is 3. The zero-order valence-electron chi connectivity index (χ0n) is 15.2. The molecular formula is C19H19ClN2O5S. The minimum atomic E-state index is -0.861. The van der Waals surface area contributed by atoms with Crippen LogP contribution in [-0.2, 0) is 30.5 Å². The summed E-state index contributed by atoms with van der Waals surface area (Å²) in [6.07, 6.45) is 0.241. The summed E-state index contributed by atoms with van der Waals surface area (Å²) >= 11 is 7.51. The molecule has 4 rings (SSSR count). The van der Waals surface area contributed by atoms with Crippen molar-refractivity contribution in [1.29, 1.82) is 0 Å². The van der Waals surface area contributed by atoms with Gasteiger partial charge in [0.1, 0.15) is 24.1 Å². The van der Waals surface area contributed by atoms with Crippen LogP contribution in [0.1, 0.15) is 25.3 Å². The van der Waals surface area contributed by atoms with Crippen LogP contribution in [0.2, 0.25) is 0 Å². The van der Waals surface area contributed by atoms with Crippen LogP contribution in [0, 0.1) is 0 Å². The highest BCUT2D eigenvalue weighted by Crippen LogP contribution is 2.53. The van der Waals surface area contributed by atoms with E-state index in [1.54, 1.807) is 6.92 Å². The molecule has 0 aliphatic carbocycles. The Morgan fingerprint density at radius 3 is 2.46 bits per heavy atom. The van der Waals surface area contributed by atoms with Crippen LogP contribution in [0.5, 0.6) is 0 Å². The standard InChI is InChI=1S/C19H19ClN2O5S/c1-19(10-20)15(18(26)27-9-11-5-3-2-4-6-11)22-16(25)14(17(22)28-19)21-12(23)7-8-13(21)24/h2-6,14-15,17H,7-10H2,1H3/t14?,15?,17-,19-/m0/s1. The van der Waals surface area contributed by atoms with Crippen molar-refractivity contribution in [3.63, 3.8) is 0 Å². The molecule has 3 amide bonds. The fourth-order valence-electron chi connectivity index (χ4n) is 3.92. The Hall–Kier alpha value is -2.06.